The van der Waals surface area contributed by atoms with Gasteiger partial charge in [-0.1, -0.05) is 0 Å². The van der Waals surface area contributed by atoms with Crippen molar-refractivity contribution < 1.29 is 23.1 Å². The summed E-state index contributed by atoms with van der Waals surface area (Å²) < 4.78 is 30.9. The second kappa shape index (κ2) is 8.26. The van der Waals surface area contributed by atoms with Gasteiger partial charge in [0.15, 0.2) is 0 Å². The molecular formula is C8H18O5P+. The molecule has 0 amide bonds. The predicted molar refractivity (Wildman–Crippen MR) is 52.5 cm³/mol. The van der Waals surface area contributed by atoms with Crippen LogP contribution < -0.4 is 0 Å². The predicted octanol–water partition coefficient (Wildman–Crippen LogP) is 1.75. The van der Waals surface area contributed by atoms with Crippen molar-refractivity contribution >= 4 is 8.25 Å². The molecule has 5 nitrogen and oxygen atoms in total. The molecule has 0 rings (SSSR count). The highest BCUT2D eigenvalue weighted by atomic mass is 31.1. The second-order valence-corrected chi connectivity index (χ2v) is 3.84. The van der Waals surface area contributed by atoms with Gasteiger partial charge in [-0.3, -0.25) is 0 Å². The first kappa shape index (κ1) is 13.9. The van der Waals surface area contributed by atoms with Gasteiger partial charge >= 0.3 is 8.25 Å². The molecule has 2 unspecified atom stereocenters. The van der Waals surface area contributed by atoms with Gasteiger partial charge in [0.2, 0.25) is 0 Å². The molecule has 6 heteroatoms. The minimum Gasteiger partial charge on any atom is -0.382 e. The van der Waals surface area contributed by atoms with Crippen LogP contribution in [-0.2, 0) is 23.1 Å². The highest BCUT2D eigenvalue weighted by Gasteiger charge is 2.27. The molecule has 0 aromatic rings. The van der Waals surface area contributed by atoms with Crippen LogP contribution in [0.4, 0.5) is 0 Å². The number of methoxy groups -OCH3 is 2. The molecule has 0 saturated heterocycles. The average Bonchev–Trinajstić information content (AvgIpc) is 2.03. The Morgan fingerprint density at radius 2 is 1.36 bits per heavy atom. The van der Waals surface area contributed by atoms with Crippen LogP contribution in [0.3, 0.4) is 0 Å². The highest BCUT2D eigenvalue weighted by molar-refractivity contribution is 7.33. The smallest absolute Gasteiger partial charge is 0.382 e. The topological polar surface area (TPSA) is 54.0 Å². The molecular weight excluding hydrogens is 207 g/mol. The minimum absolute atomic E-state index is 0.238. The molecule has 0 aliphatic carbocycles. The third-order valence-electron chi connectivity index (χ3n) is 1.33. The molecule has 0 saturated carbocycles. The first-order valence-electron chi connectivity index (χ1n) is 4.38. The van der Waals surface area contributed by atoms with Crippen LogP contribution in [0.15, 0.2) is 0 Å². The Labute approximate surface area is 85.6 Å². The van der Waals surface area contributed by atoms with Gasteiger partial charge in [-0.15, -0.1) is 9.05 Å². The number of rotatable bonds is 8. The molecule has 84 valence electrons. The zero-order chi connectivity index (χ0) is 11.0. The van der Waals surface area contributed by atoms with Gasteiger partial charge < -0.3 is 9.47 Å². The summed E-state index contributed by atoms with van der Waals surface area (Å²) in [6.07, 6.45) is -0.475. The van der Waals surface area contributed by atoms with E-state index >= 15 is 0 Å². The van der Waals surface area contributed by atoms with E-state index in [0.717, 1.165) is 0 Å². The van der Waals surface area contributed by atoms with Crippen molar-refractivity contribution in [3.05, 3.63) is 0 Å². The average molecular weight is 225 g/mol. The van der Waals surface area contributed by atoms with E-state index < -0.39 is 8.25 Å². The SMILES string of the molecule is COCC(C)O[P+](=O)OC(C)COC. The molecule has 0 radical (unpaired) electrons. The molecule has 0 N–H and O–H groups in total. The summed E-state index contributed by atoms with van der Waals surface area (Å²) in [7, 11) is 1.02. The van der Waals surface area contributed by atoms with Crippen molar-refractivity contribution in [1.82, 2.24) is 0 Å². The van der Waals surface area contributed by atoms with E-state index in [2.05, 4.69) is 0 Å². The lowest BCUT2D eigenvalue weighted by atomic mass is 10.5. The lowest BCUT2D eigenvalue weighted by Crippen LogP contribution is -2.15. The Morgan fingerprint density at radius 3 is 1.64 bits per heavy atom. The fraction of sp³-hybridized carbons (Fsp3) is 1.00. The molecule has 0 fully saturated rings. The summed E-state index contributed by atoms with van der Waals surface area (Å²) in [5.74, 6) is 0. The Bertz CT molecular complexity index is 148. The summed E-state index contributed by atoms with van der Waals surface area (Å²) in [6, 6.07) is 0. The van der Waals surface area contributed by atoms with Crippen LogP contribution in [0.25, 0.3) is 0 Å². The van der Waals surface area contributed by atoms with Crippen molar-refractivity contribution in [3.8, 4) is 0 Å². The molecule has 0 aliphatic heterocycles. The van der Waals surface area contributed by atoms with Crippen LogP contribution in [-0.4, -0.2) is 39.6 Å². The fourth-order valence-electron chi connectivity index (χ4n) is 0.849. The van der Waals surface area contributed by atoms with E-state index in [1.54, 1.807) is 28.1 Å². The van der Waals surface area contributed by atoms with Gasteiger partial charge in [-0.25, -0.2) is 0 Å². The van der Waals surface area contributed by atoms with E-state index in [0.29, 0.717) is 13.2 Å². The third-order valence-corrected chi connectivity index (χ3v) is 2.40. The van der Waals surface area contributed by atoms with Crippen LogP contribution in [0.2, 0.25) is 0 Å². The van der Waals surface area contributed by atoms with E-state index in [4.69, 9.17) is 18.5 Å². The summed E-state index contributed by atoms with van der Waals surface area (Å²) in [6.45, 7) is 4.31. The summed E-state index contributed by atoms with van der Waals surface area (Å²) in [5.41, 5.74) is 0. The van der Waals surface area contributed by atoms with Gasteiger partial charge in [-0.2, -0.15) is 0 Å². The van der Waals surface area contributed by atoms with E-state index in [1.807, 2.05) is 0 Å². The van der Waals surface area contributed by atoms with E-state index in [1.165, 1.54) is 0 Å². The van der Waals surface area contributed by atoms with Crippen molar-refractivity contribution in [2.75, 3.05) is 27.4 Å². The highest BCUT2D eigenvalue weighted by Crippen LogP contribution is 2.27. The lowest BCUT2D eigenvalue weighted by Gasteiger charge is -2.04. The zero-order valence-corrected chi connectivity index (χ0v) is 9.95. The van der Waals surface area contributed by atoms with Crippen molar-refractivity contribution in [2.24, 2.45) is 0 Å². The van der Waals surface area contributed by atoms with Crippen LogP contribution in [0.1, 0.15) is 13.8 Å². The monoisotopic (exact) mass is 225 g/mol. The lowest BCUT2D eigenvalue weighted by molar-refractivity contribution is 0.0550. The molecule has 0 spiro atoms. The fourth-order valence-corrected chi connectivity index (χ4v) is 1.61. The maximum absolute atomic E-state index is 11.2. The Hall–Kier alpha value is -0.0600. The number of hydrogen-bond donors (Lipinski definition) is 0. The van der Waals surface area contributed by atoms with Crippen molar-refractivity contribution in [1.29, 1.82) is 0 Å². The van der Waals surface area contributed by atoms with Crippen LogP contribution in [0, 0.1) is 0 Å². The molecule has 0 bridgehead atoms. The summed E-state index contributed by atoms with van der Waals surface area (Å²) >= 11 is 0. The van der Waals surface area contributed by atoms with E-state index in [-0.39, 0.29) is 12.2 Å². The largest absolute Gasteiger partial charge is 0.698 e. The Kier molecular flexibility index (Phi) is 8.23. The second-order valence-electron chi connectivity index (χ2n) is 2.97. The standard InChI is InChI=1S/C8H18O5P/c1-7(5-10-3)12-14(9)13-8(2)6-11-4/h7-8H,5-6H2,1-4H3/q+1. The van der Waals surface area contributed by atoms with Gasteiger partial charge in [-0.05, 0) is 13.8 Å². The van der Waals surface area contributed by atoms with Gasteiger partial charge in [0.05, 0.1) is 13.2 Å². The molecule has 0 aromatic heterocycles. The maximum Gasteiger partial charge on any atom is 0.698 e. The normalized spacial score (nSPS) is 16.4. The summed E-state index contributed by atoms with van der Waals surface area (Å²) in [4.78, 5) is 0. The van der Waals surface area contributed by atoms with E-state index in [9.17, 15) is 4.57 Å². The van der Waals surface area contributed by atoms with Crippen LogP contribution >= 0.6 is 8.25 Å². The minimum atomic E-state index is -2.09. The molecule has 2 atom stereocenters. The zero-order valence-electron chi connectivity index (χ0n) is 9.06. The molecule has 14 heavy (non-hydrogen) atoms. The first-order chi connectivity index (χ1) is 6.60. The number of ether oxygens (including phenoxy) is 2. The van der Waals surface area contributed by atoms with Gasteiger partial charge in [0.1, 0.15) is 12.2 Å². The first-order valence-corrected chi connectivity index (χ1v) is 5.48. The Balaban J connectivity index is 3.63. The van der Waals surface area contributed by atoms with Gasteiger partial charge in [0, 0.05) is 18.8 Å². The summed E-state index contributed by atoms with van der Waals surface area (Å²) in [5, 5.41) is 0. The quantitative estimate of drug-likeness (QED) is 0.589. The molecule has 0 aliphatic rings. The van der Waals surface area contributed by atoms with Crippen molar-refractivity contribution in [3.63, 3.8) is 0 Å². The molecule has 0 aromatic carbocycles. The number of hydrogen-bond acceptors (Lipinski definition) is 5. The maximum atomic E-state index is 11.2. The Morgan fingerprint density at radius 1 is 1.00 bits per heavy atom. The van der Waals surface area contributed by atoms with Crippen molar-refractivity contribution in [2.45, 2.75) is 26.1 Å². The molecule has 0 heterocycles. The van der Waals surface area contributed by atoms with Gasteiger partial charge in [0.25, 0.3) is 0 Å². The van der Waals surface area contributed by atoms with Crippen LogP contribution in [0.5, 0.6) is 0 Å². The third kappa shape index (κ3) is 7.35.